The van der Waals surface area contributed by atoms with Gasteiger partial charge in [-0.25, -0.2) is 0 Å². The number of pyridine rings is 1. The first kappa shape index (κ1) is 14.7. The van der Waals surface area contributed by atoms with Crippen LogP contribution in [0.4, 0.5) is 5.82 Å². The molecule has 1 atom stereocenters. The summed E-state index contributed by atoms with van der Waals surface area (Å²) in [6.45, 7) is 7.25. The quantitative estimate of drug-likeness (QED) is 0.898. The lowest BCUT2D eigenvalue weighted by molar-refractivity contribution is 0.367. The van der Waals surface area contributed by atoms with E-state index >= 15 is 0 Å². The van der Waals surface area contributed by atoms with E-state index < -0.39 is 0 Å². The number of piperazine rings is 1. The van der Waals surface area contributed by atoms with E-state index in [2.05, 4.69) is 39.2 Å². The smallest absolute Gasteiger partial charge is 0.151 e. The Morgan fingerprint density at radius 1 is 1.27 bits per heavy atom. The summed E-state index contributed by atoms with van der Waals surface area (Å²) in [6, 6.07) is 7.56. The van der Waals surface area contributed by atoms with Gasteiger partial charge in [0.15, 0.2) is 5.82 Å². The van der Waals surface area contributed by atoms with Gasteiger partial charge in [-0.05, 0) is 30.2 Å². The summed E-state index contributed by atoms with van der Waals surface area (Å²) in [5.74, 6) is 1.57. The van der Waals surface area contributed by atoms with Gasteiger partial charge >= 0.3 is 0 Å². The van der Waals surface area contributed by atoms with E-state index in [1.807, 2.05) is 12.1 Å². The van der Waals surface area contributed by atoms with Crippen LogP contribution in [-0.2, 0) is 0 Å². The molecule has 0 unspecified atom stereocenters. The van der Waals surface area contributed by atoms with Crippen LogP contribution in [0.3, 0.4) is 0 Å². The molecule has 0 aromatic carbocycles. The van der Waals surface area contributed by atoms with Crippen LogP contribution < -0.4 is 10.2 Å². The second kappa shape index (κ2) is 6.27. The van der Waals surface area contributed by atoms with Crippen LogP contribution in [0.5, 0.6) is 5.75 Å². The van der Waals surface area contributed by atoms with Crippen LogP contribution in [0.2, 0.25) is 0 Å². The van der Waals surface area contributed by atoms with Gasteiger partial charge < -0.3 is 15.3 Å². The highest BCUT2D eigenvalue weighted by Gasteiger charge is 2.23. The predicted molar refractivity (Wildman–Crippen MR) is 85.8 cm³/mol. The largest absolute Gasteiger partial charge is 0.506 e. The Morgan fingerprint density at radius 2 is 2.14 bits per heavy atom. The SMILES string of the molecule is CC(C)[C@@H]1CN(c2ccc(-c3ncccc3O)nn2)CCN1. The molecule has 0 saturated carbocycles. The number of anilines is 1. The van der Waals surface area contributed by atoms with Crippen molar-refractivity contribution in [3.63, 3.8) is 0 Å². The molecule has 2 N–H and O–H groups in total. The van der Waals surface area contributed by atoms with E-state index in [4.69, 9.17) is 0 Å². The van der Waals surface area contributed by atoms with E-state index in [0.717, 1.165) is 25.5 Å². The lowest BCUT2D eigenvalue weighted by atomic mass is 10.0. The minimum Gasteiger partial charge on any atom is -0.506 e. The maximum absolute atomic E-state index is 9.83. The first-order valence-electron chi connectivity index (χ1n) is 7.61. The number of aromatic hydroxyl groups is 1. The summed E-state index contributed by atoms with van der Waals surface area (Å²) < 4.78 is 0. The van der Waals surface area contributed by atoms with Crippen LogP contribution in [0.15, 0.2) is 30.5 Å². The Labute approximate surface area is 130 Å². The Morgan fingerprint density at radius 3 is 2.82 bits per heavy atom. The monoisotopic (exact) mass is 299 g/mol. The molecule has 0 amide bonds. The predicted octanol–water partition coefficient (Wildman–Crippen LogP) is 1.68. The standard InChI is InChI=1S/C16H21N5O/c1-11(2)13-10-21(9-8-17-13)15-6-5-12(19-20-15)16-14(22)4-3-7-18-16/h3-7,11,13,17,22H,8-10H2,1-2H3/t13-/m0/s1. The van der Waals surface area contributed by atoms with Crippen molar-refractivity contribution in [1.29, 1.82) is 0 Å². The third-order valence-corrected chi connectivity index (χ3v) is 4.01. The molecule has 0 aliphatic carbocycles. The molecule has 3 rings (SSSR count). The minimum absolute atomic E-state index is 0.117. The summed E-state index contributed by atoms with van der Waals surface area (Å²) in [6.07, 6.45) is 1.63. The van der Waals surface area contributed by atoms with Crippen LogP contribution in [0.25, 0.3) is 11.4 Å². The van der Waals surface area contributed by atoms with Crippen molar-refractivity contribution in [3.8, 4) is 17.1 Å². The van der Waals surface area contributed by atoms with E-state index in [0.29, 0.717) is 23.3 Å². The number of nitrogens with one attached hydrogen (secondary N) is 1. The molecule has 0 bridgehead atoms. The van der Waals surface area contributed by atoms with Gasteiger partial charge in [0.2, 0.25) is 0 Å². The molecule has 22 heavy (non-hydrogen) atoms. The normalized spacial score (nSPS) is 18.7. The highest BCUT2D eigenvalue weighted by molar-refractivity contribution is 5.62. The van der Waals surface area contributed by atoms with Crippen molar-refractivity contribution < 1.29 is 5.11 Å². The number of nitrogens with zero attached hydrogens (tertiary/aromatic N) is 4. The highest BCUT2D eigenvalue weighted by atomic mass is 16.3. The molecular formula is C16H21N5O. The Bertz CT molecular complexity index is 629. The zero-order valence-corrected chi connectivity index (χ0v) is 12.9. The fraction of sp³-hybridized carbons (Fsp3) is 0.438. The van der Waals surface area contributed by atoms with E-state index in [9.17, 15) is 5.11 Å². The molecule has 1 aliphatic rings. The van der Waals surface area contributed by atoms with Crippen molar-refractivity contribution in [2.24, 2.45) is 5.92 Å². The summed E-state index contributed by atoms with van der Waals surface area (Å²) in [5.41, 5.74) is 1.04. The third kappa shape index (κ3) is 3.01. The fourth-order valence-electron chi connectivity index (χ4n) is 2.65. The van der Waals surface area contributed by atoms with Gasteiger partial charge in [0.1, 0.15) is 17.1 Å². The van der Waals surface area contributed by atoms with E-state index in [1.54, 1.807) is 18.3 Å². The second-order valence-corrected chi connectivity index (χ2v) is 5.90. The molecule has 6 heteroatoms. The molecule has 3 heterocycles. The van der Waals surface area contributed by atoms with Gasteiger partial charge in [0.05, 0.1) is 0 Å². The molecule has 6 nitrogen and oxygen atoms in total. The molecule has 116 valence electrons. The first-order chi connectivity index (χ1) is 10.6. The van der Waals surface area contributed by atoms with Crippen LogP contribution >= 0.6 is 0 Å². The molecule has 1 aliphatic heterocycles. The number of rotatable bonds is 3. The zero-order valence-electron chi connectivity index (χ0n) is 12.9. The number of hydrogen-bond acceptors (Lipinski definition) is 6. The van der Waals surface area contributed by atoms with Crippen molar-refractivity contribution in [3.05, 3.63) is 30.5 Å². The Balaban J connectivity index is 1.78. The van der Waals surface area contributed by atoms with Crippen molar-refractivity contribution in [2.75, 3.05) is 24.5 Å². The van der Waals surface area contributed by atoms with Gasteiger partial charge in [0, 0.05) is 31.9 Å². The lowest BCUT2D eigenvalue weighted by Gasteiger charge is -2.36. The fourth-order valence-corrected chi connectivity index (χ4v) is 2.65. The molecular weight excluding hydrogens is 278 g/mol. The summed E-state index contributed by atoms with van der Waals surface area (Å²) in [4.78, 5) is 6.40. The van der Waals surface area contributed by atoms with Gasteiger partial charge in [-0.1, -0.05) is 13.8 Å². The molecule has 0 radical (unpaired) electrons. The minimum atomic E-state index is 0.117. The van der Waals surface area contributed by atoms with Crippen molar-refractivity contribution in [2.45, 2.75) is 19.9 Å². The highest BCUT2D eigenvalue weighted by Crippen LogP contribution is 2.25. The zero-order chi connectivity index (χ0) is 15.5. The number of hydrogen-bond donors (Lipinski definition) is 2. The lowest BCUT2D eigenvalue weighted by Crippen LogP contribution is -2.53. The maximum Gasteiger partial charge on any atom is 0.151 e. The average molecular weight is 299 g/mol. The Kier molecular flexibility index (Phi) is 4.20. The summed E-state index contributed by atoms with van der Waals surface area (Å²) in [5, 5.41) is 21.9. The van der Waals surface area contributed by atoms with Gasteiger partial charge in [0.25, 0.3) is 0 Å². The second-order valence-electron chi connectivity index (χ2n) is 5.90. The van der Waals surface area contributed by atoms with Crippen LogP contribution in [0.1, 0.15) is 13.8 Å². The van der Waals surface area contributed by atoms with E-state index in [1.165, 1.54) is 0 Å². The van der Waals surface area contributed by atoms with Gasteiger partial charge in [-0.3, -0.25) is 4.98 Å². The summed E-state index contributed by atoms with van der Waals surface area (Å²) >= 11 is 0. The molecule has 1 fully saturated rings. The summed E-state index contributed by atoms with van der Waals surface area (Å²) in [7, 11) is 0. The van der Waals surface area contributed by atoms with Crippen LogP contribution in [0, 0.1) is 5.92 Å². The molecule has 0 spiro atoms. The molecule has 2 aromatic heterocycles. The Hall–Kier alpha value is -2.21. The molecule has 2 aromatic rings. The van der Waals surface area contributed by atoms with Crippen molar-refractivity contribution in [1.82, 2.24) is 20.5 Å². The first-order valence-corrected chi connectivity index (χ1v) is 7.61. The number of aromatic nitrogens is 3. The van der Waals surface area contributed by atoms with Crippen LogP contribution in [-0.4, -0.2) is 46.0 Å². The van der Waals surface area contributed by atoms with Gasteiger partial charge in [-0.15, -0.1) is 10.2 Å². The average Bonchev–Trinajstić information content (AvgIpc) is 2.56. The molecule has 1 saturated heterocycles. The van der Waals surface area contributed by atoms with Gasteiger partial charge in [-0.2, -0.15) is 0 Å². The topological polar surface area (TPSA) is 74.2 Å². The maximum atomic E-state index is 9.83. The van der Waals surface area contributed by atoms with E-state index in [-0.39, 0.29) is 5.75 Å². The van der Waals surface area contributed by atoms with Crippen molar-refractivity contribution >= 4 is 5.82 Å². The third-order valence-electron chi connectivity index (χ3n) is 4.01.